The second-order valence-electron chi connectivity index (χ2n) is 4.10. The van der Waals surface area contributed by atoms with E-state index in [0.717, 1.165) is 0 Å². The number of hydrazine groups is 1. The molecule has 0 atom stereocenters. The molecule has 0 fully saturated rings. The Morgan fingerprint density at radius 2 is 2.10 bits per heavy atom. The summed E-state index contributed by atoms with van der Waals surface area (Å²) < 4.78 is 40.4. The number of hydrogen-bond donors (Lipinski definition) is 3. The average molecular weight is 375 g/mol. The fraction of sp³-hybridized carbons (Fsp3) is 0.0833. The number of nitrogens with two attached hydrogens (primary N) is 1. The molecule has 1 heterocycles. The number of aromatic nitrogens is 1. The van der Waals surface area contributed by atoms with E-state index in [2.05, 4.69) is 31.1 Å². The van der Waals surface area contributed by atoms with Crippen LogP contribution in [0.1, 0.15) is 5.56 Å². The maximum atomic E-state index is 13.1. The summed E-state index contributed by atoms with van der Waals surface area (Å²) in [5, 5.41) is 0. The molecule has 112 valence electrons. The molecule has 4 N–H and O–H groups in total. The largest absolute Gasteiger partial charge is 0.307 e. The number of halogens is 2. The summed E-state index contributed by atoms with van der Waals surface area (Å²) in [6.07, 6.45) is 1.42. The zero-order valence-electron chi connectivity index (χ0n) is 10.7. The molecule has 1 aromatic carbocycles. The van der Waals surface area contributed by atoms with E-state index >= 15 is 0 Å². The van der Waals surface area contributed by atoms with E-state index < -0.39 is 15.8 Å². The van der Waals surface area contributed by atoms with Gasteiger partial charge in [-0.2, -0.15) is 0 Å². The Morgan fingerprint density at radius 3 is 2.76 bits per heavy atom. The summed E-state index contributed by atoms with van der Waals surface area (Å²) in [4.78, 5) is 3.77. The lowest BCUT2D eigenvalue weighted by Gasteiger charge is -2.10. The smallest absolute Gasteiger partial charge is 0.244 e. The van der Waals surface area contributed by atoms with Crippen LogP contribution in [0.5, 0.6) is 0 Å². The van der Waals surface area contributed by atoms with Gasteiger partial charge in [0.25, 0.3) is 0 Å². The lowest BCUT2D eigenvalue weighted by Crippen LogP contribution is -2.25. The number of benzene rings is 1. The van der Waals surface area contributed by atoms with Crippen LogP contribution in [0.3, 0.4) is 0 Å². The Balaban J connectivity index is 2.24. The normalized spacial score (nSPS) is 11.4. The van der Waals surface area contributed by atoms with E-state index in [4.69, 9.17) is 5.84 Å². The van der Waals surface area contributed by atoms with Crippen LogP contribution in [0.25, 0.3) is 0 Å². The summed E-state index contributed by atoms with van der Waals surface area (Å²) in [6.45, 7) is -0.0450. The summed E-state index contributed by atoms with van der Waals surface area (Å²) in [7, 11) is -3.84. The highest BCUT2D eigenvalue weighted by Gasteiger charge is 2.19. The van der Waals surface area contributed by atoms with Crippen LogP contribution in [0.2, 0.25) is 0 Å². The number of pyridine rings is 1. The number of rotatable bonds is 5. The van der Waals surface area contributed by atoms with Gasteiger partial charge in [-0.1, -0.05) is 12.1 Å². The molecular formula is C12H12BrFN4O2S. The molecule has 0 radical (unpaired) electrons. The summed E-state index contributed by atoms with van der Waals surface area (Å²) in [5.41, 5.74) is 2.73. The minimum Gasteiger partial charge on any atom is -0.307 e. The maximum Gasteiger partial charge on any atom is 0.244 e. The van der Waals surface area contributed by atoms with Crippen molar-refractivity contribution in [1.82, 2.24) is 9.71 Å². The molecular weight excluding hydrogens is 363 g/mol. The van der Waals surface area contributed by atoms with Crippen molar-refractivity contribution >= 4 is 31.8 Å². The van der Waals surface area contributed by atoms with Crippen molar-refractivity contribution in [1.29, 1.82) is 0 Å². The zero-order valence-corrected chi connectivity index (χ0v) is 13.1. The van der Waals surface area contributed by atoms with Crippen LogP contribution in [0.15, 0.2) is 45.9 Å². The summed E-state index contributed by atoms with van der Waals surface area (Å²) >= 11 is 3.15. The Hall–Kier alpha value is -1.55. The predicted octanol–water partition coefficient (Wildman–Crippen LogP) is 1.75. The fourth-order valence-corrected chi connectivity index (χ4v) is 3.28. The third kappa shape index (κ3) is 3.97. The molecule has 0 saturated heterocycles. The zero-order chi connectivity index (χ0) is 15.5. The van der Waals surface area contributed by atoms with Gasteiger partial charge in [0.2, 0.25) is 10.0 Å². The lowest BCUT2D eigenvalue weighted by molar-refractivity contribution is 0.580. The quantitative estimate of drug-likeness (QED) is 0.547. The molecule has 9 heteroatoms. The standard InChI is InChI=1S/C12H12BrFN4O2S/c13-9-5-11(12(18-15)16-7-9)21(19,20)17-6-8-2-1-3-10(14)4-8/h1-5,7,17H,6,15H2,(H,16,18). The van der Waals surface area contributed by atoms with Gasteiger partial charge in [0.15, 0.2) is 5.82 Å². The summed E-state index contributed by atoms with van der Waals surface area (Å²) in [5.74, 6) is 4.84. The summed E-state index contributed by atoms with van der Waals surface area (Å²) in [6, 6.07) is 7.03. The van der Waals surface area contributed by atoms with Crippen molar-refractivity contribution in [2.75, 3.05) is 5.43 Å². The highest BCUT2D eigenvalue weighted by atomic mass is 79.9. The molecule has 0 aliphatic carbocycles. The van der Waals surface area contributed by atoms with E-state index in [1.807, 2.05) is 0 Å². The highest BCUT2D eigenvalue weighted by molar-refractivity contribution is 9.10. The molecule has 1 aromatic heterocycles. The molecule has 0 aliphatic rings. The monoisotopic (exact) mass is 374 g/mol. The molecule has 0 bridgehead atoms. The van der Waals surface area contributed by atoms with E-state index in [1.54, 1.807) is 6.07 Å². The topological polar surface area (TPSA) is 97.1 Å². The number of anilines is 1. The van der Waals surface area contributed by atoms with Gasteiger partial charge in [-0.15, -0.1) is 0 Å². The molecule has 2 rings (SSSR count). The molecule has 0 aliphatic heterocycles. The van der Waals surface area contributed by atoms with Gasteiger partial charge >= 0.3 is 0 Å². The van der Waals surface area contributed by atoms with E-state index in [0.29, 0.717) is 10.0 Å². The first-order valence-electron chi connectivity index (χ1n) is 5.78. The van der Waals surface area contributed by atoms with Gasteiger partial charge in [0.1, 0.15) is 10.7 Å². The first-order chi connectivity index (χ1) is 9.92. The minimum atomic E-state index is -3.84. The minimum absolute atomic E-state index is 0.0185. The van der Waals surface area contributed by atoms with Crippen molar-refractivity contribution in [3.63, 3.8) is 0 Å². The number of nitrogens with zero attached hydrogens (tertiary/aromatic N) is 1. The first-order valence-corrected chi connectivity index (χ1v) is 8.06. The Bertz CT molecular complexity index is 755. The molecule has 2 aromatic rings. The Labute approximate surface area is 129 Å². The SMILES string of the molecule is NNc1ncc(Br)cc1S(=O)(=O)NCc1cccc(F)c1. The van der Waals surface area contributed by atoms with E-state index in [1.165, 1.54) is 30.5 Å². The van der Waals surface area contributed by atoms with Crippen LogP contribution in [-0.4, -0.2) is 13.4 Å². The molecule has 0 saturated carbocycles. The van der Waals surface area contributed by atoms with Crippen molar-refractivity contribution in [2.45, 2.75) is 11.4 Å². The van der Waals surface area contributed by atoms with Crippen LogP contribution in [-0.2, 0) is 16.6 Å². The van der Waals surface area contributed by atoms with Crippen molar-refractivity contribution < 1.29 is 12.8 Å². The molecule has 21 heavy (non-hydrogen) atoms. The van der Waals surface area contributed by atoms with E-state index in [9.17, 15) is 12.8 Å². The Kier molecular flexibility index (Phi) is 4.88. The molecule has 0 amide bonds. The first kappa shape index (κ1) is 15.8. The van der Waals surface area contributed by atoms with Gasteiger partial charge in [-0.05, 0) is 39.7 Å². The van der Waals surface area contributed by atoms with E-state index in [-0.39, 0.29) is 17.3 Å². The predicted molar refractivity (Wildman–Crippen MR) is 80.2 cm³/mol. The van der Waals surface area contributed by atoms with Crippen molar-refractivity contribution in [3.05, 3.63) is 52.4 Å². The number of hydrogen-bond acceptors (Lipinski definition) is 5. The fourth-order valence-electron chi connectivity index (χ4n) is 1.64. The van der Waals surface area contributed by atoms with Crippen molar-refractivity contribution in [2.24, 2.45) is 5.84 Å². The Morgan fingerprint density at radius 1 is 1.33 bits per heavy atom. The van der Waals surface area contributed by atoms with Gasteiger partial charge in [-0.25, -0.2) is 28.4 Å². The molecule has 0 spiro atoms. The van der Waals surface area contributed by atoms with Crippen LogP contribution < -0.4 is 16.0 Å². The molecule has 6 nitrogen and oxygen atoms in total. The van der Waals surface area contributed by atoms with Crippen molar-refractivity contribution in [3.8, 4) is 0 Å². The van der Waals surface area contributed by atoms with Crippen LogP contribution in [0.4, 0.5) is 10.2 Å². The van der Waals surface area contributed by atoms with Crippen LogP contribution >= 0.6 is 15.9 Å². The average Bonchev–Trinajstić information content (AvgIpc) is 2.45. The maximum absolute atomic E-state index is 13.1. The second-order valence-corrected chi connectivity index (χ2v) is 6.75. The van der Waals surface area contributed by atoms with Gasteiger partial charge in [0.05, 0.1) is 0 Å². The lowest BCUT2D eigenvalue weighted by atomic mass is 10.2. The van der Waals surface area contributed by atoms with Gasteiger partial charge in [0, 0.05) is 17.2 Å². The number of nitrogen functional groups attached to an aromatic ring is 1. The second kappa shape index (κ2) is 6.48. The third-order valence-corrected chi connectivity index (χ3v) is 4.45. The van der Waals surface area contributed by atoms with Gasteiger partial charge < -0.3 is 5.43 Å². The number of nitrogens with one attached hydrogen (secondary N) is 2. The highest BCUT2D eigenvalue weighted by Crippen LogP contribution is 2.22. The third-order valence-electron chi connectivity index (χ3n) is 2.60. The van der Waals surface area contributed by atoms with Crippen LogP contribution in [0, 0.1) is 5.82 Å². The number of sulfonamides is 1. The van der Waals surface area contributed by atoms with Gasteiger partial charge in [-0.3, -0.25) is 0 Å². The molecule has 0 unspecified atom stereocenters.